The summed E-state index contributed by atoms with van der Waals surface area (Å²) in [6, 6.07) is 9.44. The molecule has 134 valence electrons. The third-order valence-electron chi connectivity index (χ3n) is 4.47. The number of amides is 1. The van der Waals surface area contributed by atoms with Crippen molar-refractivity contribution in [3.63, 3.8) is 0 Å². The van der Waals surface area contributed by atoms with Gasteiger partial charge in [-0.1, -0.05) is 6.92 Å². The van der Waals surface area contributed by atoms with E-state index in [1.54, 1.807) is 7.11 Å². The molecule has 6 heteroatoms. The highest BCUT2D eigenvalue weighted by molar-refractivity contribution is 5.93. The van der Waals surface area contributed by atoms with E-state index in [0.29, 0.717) is 11.6 Å². The van der Waals surface area contributed by atoms with Crippen LogP contribution in [0.25, 0.3) is 11.3 Å². The Morgan fingerprint density at radius 1 is 1.36 bits per heavy atom. The number of aromatic amines is 1. The number of aromatic nitrogens is 2. The van der Waals surface area contributed by atoms with Gasteiger partial charge < -0.3 is 14.4 Å². The molecule has 0 spiro atoms. The minimum Gasteiger partial charge on any atom is -0.497 e. The van der Waals surface area contributed by atoms with Gasteiger partial charge in [0.25, 0.3) is 5.91 Å². The second kappa shape index (κ2) is 8.16. The summed E-state index contributed by atoms with van der Waals surface area (Å²) in [6.45, 7) is 5.15. The average molecular weight is 343 g/mol. The smallest absolute Gasteiger partial charge is 0.271 e. The third kappa shape index (κ3) is 4.20. The number of nitrogens with zero attached hydrogens (tertiary/aromatic N) is 2. The first-order chi connectivity index (χ1) is 12.2. The van der Waals surface area contributed by atoms with Crippen LogP contribution >= 0.6 is 0 Å². The van der Waals surface area contributed by atoms with Crippen molar-refractivity contribution in [2.24, 2.45) is 5.92 Å². The fraction of sp³-hybridized carbons (Fsp3) is 0.474. The van der Waals surface area contributed by atoms with Crippen molar-refractivity contribution >= 4 is 5.91 Å². The van der Waals surface area contributed by atoms with E-state index in [1.165, 1.54) is 0 Å². The van der Waals surface area contributed by atoms with Gasteiger partial charge in [0, 0.05) is 31.2 Å². The Balaban J connectivity index is 1.61. The maximum absolute atomic E-state index is 12.7. The standard InChI is InChI=1S/C19H25N3O3/c1-3-10-25-13-14-8-9-22(12-14)19(23)18-11-17(20-21-18)15-4-6-16(24-2)7-5-15/h4-7,11,14H,3,8-10,12-13H2,1-2H3,(H,20,21)/t14-/m0/s1. The molecule has 0 aliphatic carbocycles. The van der Waals surface area contributed by atoms with Crippen LogP contribution in [0.3, 0.4) is 0 Å². The van der Waals surface area contributed by atoms with Crippen LogP contribution in [0.4, 0.5) is 0 Å². The lowest BCUT2D eigenvalue weighted by molar-refractivity contribution is 0.0749. The number of methoxy groups -OCH3 is 1. The Labute approximate surface area is 148 Å². The van der Waals surface area contributed by atoms with Gasteiger partial charge in [0.15, 0.2) is 0 Å². The molecule has 3 rings (SSSR count). The summed E-state index contributed by atoms with van der Waals surface area (Å²) in [7, 11) is 1.64. The van der Waals surface area contributed by atoms with E-state index < -0.39 is 0 Å². The summed E-state index contributed by atoms with van der Waals surface area (Å²) in [5.41, 5.74) is 2.23. The highest BCUT2D eigenvalue weighted by atomic mass is 16.5. The zero-order chi connectivity index (χ0) is 17.6. The van der Waals surface area contributed by atoms with Crippen LogP contribution in [0.2, 0.25) is 0 Å². The average Bonchev–Trinajstić information content (AvgIpc) is 3.31. The van der Waals surface area contributed by atoms with Crippen molar-refractivity contribution in [1.82, 2.24) is 15.1 Å². The van der Waals surface area contributed by atoms with E-state index in [2.05, 4.69) is 17.1 Å². The number of hydrogen-bond donors (Lipinski definition) is 1. The van der Waals surface area contributed by atoms with Gasteiger partial charge in [-0.25, -0.2) is 0 Å². The largest absolute Gasteiger partial charge is 0.497 e. The van der Waals surface area contributed by atoms with Crippen LogP contribution in [0.5, 0.6) is 5.75 Å². The molecule has 1 fully saturated rings. The van der Waals surface area contributed by atoms with E-state index in [0.717, 1.165) is 56.2 Å². The zero-order valence-corrected chi connectivity index (χ0v) is 14.8. The number of hydrogen-bond acceptors (Lipinski definition) is 4. The minimum atomic E-state index is 0.00486. The maximum Gasteiger partial charge on any atom is 0.271 e. The Morgan fingerprint density at radius 3 is 2.88 bits per heavy atom. The second-order valence-electron chi connectivity index (χ2n) is 6.38. The highest BCUT2D eigenvalue weighted by Gasteiger charge is 2.28. The zero-order valence-electron chi connectivity index (χ0n) is 14.8. The Morgan fingerprint density at radius 2 is 2.16 bits per heavy atom. The minimum absolute atomic E-state index is 0.00486. The molecular formula is C19H25N3O3. The third-order valence-corrected chi connectivity index (χ3v) is 4.47. The molecule has 1 amide bonds. The number of nitrogens with one attached hydrogen (secondary N) is 1. The van der Waals surface area contributed by atoms with Gasteiger partial charge in [-0.15, -0.1) is 0 Å². The number of carbonyl (C=O) groups is 1. The summed E-state index contributed by atoms with van der Waals surface area (Å²) in [6.07, 6.45) is 2.02. The van der Waals surface area contributed by atoms with E-state index in [4.69, 9.17) is 9.47 Å². The molecule has 0 radical (unpaired) electrons. The number of ether oxygens (including phenoxy) is 2. The molecule has 2 aromatic rings. The van der Waals surface area contributed by atoms with Gasteiger partial charge in [-0.2, -0.15) is 5.10 Å². The molecule has 1 atom stereocenters. The topological polar surface area (TPSA) is 67.4 Å². The summed E-state index contributed by atoms with van der Waals surface area (Å²) in [5.74, 6) is 1.23. The molecule has 0 bridgehead atoms. The number of carbonyl (C=O) groups excluding carboxylic acids is 1. The van der Waals surface area contributed by atoms with Crippen molar-refractivity contribution in [2.75, 3.05) is 33.4 Å². The fourth-order valence-corrected chi connectivity index (χ4v) is 3.06. The van der Waals surface area contributed by atoms with E-state index >= 15 is 0 Å². The van der Waals surface area contributed by atoms with Gasteiger partial charge in [-0.3, -0.25) is 9.89 Å². The quantitative estimate of drug-likeness (QED) is 0.785. The molecule has 6 nitrogen and oxygen atoms in total. The van der Waals surface area contributed by atoms with Crippen molar-refractivity contribution in [3.8, 4) is 17.0 Å². The number of rotatable bonds is 7. The van der Waals surface area contributed by atoms with Crippen LogP contribution in [-0.2, 0) is 4.74 Å². The SMILES string of the molecule is CCCOC[C@H]1CCN(C(=O)c2cc(-c3ccc(OC)cc3)n[nH]2)C1. The number of H-pyrrole nitrogens is 1. The molecule has 2 heterocycles. The Hall–Kier alpha value is -2.34. The van der Waals surface area contributed by atoms with Gasteiger partial charge in [0.2, 0.25) is 0 Å². The van der Waals surface area contributed by atoms with Crippen molar-refractivity contribution in [3.05, 3.63) is 36.0 Å². The van der Waals surface area contributed by atoms with E-state index in [-0.39, 0.29) is 5.91 Å². The van der Waals surface area contributed by atoms with Crippen LogP contribution in [0.1, 0.15) is 30.3 Å². The number of benzene rings is 1. The molecule has 1 saturated heterocycles. The molecule has 1 N–H and O–H groups in total. The van der Waals surface area contributed by atoms with Crippen LogP contribution < -0.4 is 4.74 Å². The second-order valence-corrected chi connectivity index (χ2v) is 6.38. The van der Waals surface area contributed by atoms with Crippen LogP contribution in [0, 0.1) is 5.92 Å². The molecule has 0 saturated carbocycles. The van der Waals surface area contributed by atoms with Gasteiger partial charge >= 0.3 is 0 Å². The predicted molar refractivity (Wildman–Crippen MR) is 95.7 cm³/mol. The Kier molecular flexibility index (Phi) is 5.71. The molecule has 0 unspecified atom stereocenters. The summed E-state index contributed by atoms with van der Waals surface area (Å²) in [4.78, 5) is 14.5. The first-order valence-corrected chi connectivity index (χ1v) is 8.78. The van der Waals surface area contributed by atoms with Gasteiger partial charge in [-0.05, 0) is 43.2 Å². The van der Waals surface area contributed by atoms with Crippen LogP contribution in [0.15, 0.2) is 30.3 Å². The van der Waals surface area contributed by atoms with Crippen LogP contribution in [-0.4, -0.2) is 54.4 Å². The number of likely N-dealkylation sites (tertiary alicyclic amines) is 1. The van der Waals surface area contributed by atoms with Crippen molar-refractivity contribution < 1.29 is 14.3 Å². The van der Waals surface area contributed by atoms with Crippen molar-refractivity contribution in [1.29, 1.82) is 0 Å². The molecular weight excluding hydrogens is 318 g/mol. The van der Waals surface area contributed by atoms with E-state index in [1.807, 2.05) is 35.2 Å². The first-order valence-electron chi connectivity index (χ1n) is 8.78. The summed E-state index contributed by atoms with van der Waals surface area (Å²) in [5, 5.41) is 7.15. The summed E-state index contributed by atoms with van der Waals surface area (Å²) >= 11 is 0. The first kappa shape index (κ1) is 17.5. The fourth-order valence-electron chi connectivity index (χ4n) is 3.06. The molecule has 1 aromatic heterocycles. The van der Waals surface area contributed by atoms with Crippen molar-refractivity contribution in [2.45, 2.75) is 19.8 Å². The predicted octanol–water partition coefficient (Wildman–Crippen LogP) is 2.97. The lowest BCUT2D eigenvalue weighted by Crippen LogP contribution is -2.29. The highest BCUT2D eigenvalue weighted by Crippen LogP contribution is 2.23. The molecule has 25 heavy (non-hydrogen) atoms. The maximum atomic E-state index is 12.7. The van der Waals surface area contributed by atoms with Gasteiger partial charge in [0.05, 0.1) is 19.4 Å². The molecule has 1 aliphatic rings. The Bertz CT molecular complexity index is 696. The lowest BCUT2D eigenvalue weighted by Gasteiger charge is -2.15. The lowest BCUT2D eigenvalue weighted by atomic mass is 10.1. The normalized spacial score (nSPS) is 17.0. The van der Waals surface area contributed by atoms with Gasteiger partial charge in [0.1, 0.15) is 11.4 Å². The molecule has 1 aromatic carbocycles. The monoisotopic (exact) mass is 343 g/mol. The molecule has 1 aliphatic heterocycles. The van der Waals surface area contributed by atoms with E-state index in [9.17, 15) is 4.79 Å². The summed E-state index contributed by atoms with van der Waals surface area (Å²) < 4.78 is 10.8.